The molecule has 3 aromatic rings. The number of aromatic amines is 1. The number of Topliss-reactive ketones (excluding diaryl/α,β-unsaturated/α-hetero) is 1. The maximum absolute atomic E-state index is 13.3. The van der Waals surface area contributed by atoms with Gasteiger partial charge in [0.2, 0.25) is 5.78 Å². The third-order valence-corrected chi connectivity index (χ3v) is 6.51. The lowest BCUT2D eigenvalue weighted by Crippen LogP contribution is -2.49. The van der Waals surface area contributed by atoms with Crippen LogP contribution in [0.25, 0.3) is 17.0 Å². The maximum atomic E-state index is 13.3. The smallest absolute Gasteiger partial charge is 0.410 e. The first kappa shape index (κ1) is 24.9. The van der Waals surface area contributed by atoms with E-state index in [1.807, 2.05) is 64.2 Å². The summed E-state index contributed by atoms with van der Waals surface area (Å²) in [4.78, 5) is 33.0. The molecule has 1 N–H and O–H groups in total. The topological polar surface area (TPSA) is 84.1 Å². The molecule has 0 radical (unpaired) electrons. The number of nitrogens with one attached hydrogen (secondary N) is 1. The SMILES string of the molecule is CCOc1ccc2c(c1CN1CCN(C(=O)OC(C)(C)C)CC1)O/C(=C\c1c[nH]c3ccccc13)C2=O. The summed E-state index contributed by atoms with van der Waals surface area (Å²) in [5, 5.41) is 1.03. The molecule has 1 fully saturated rings. The molecular formula is C29H33N3O5. The second-order valence-electron chi connectivity index (χ2n) is 10.3. The summed E-state index contributed by atoms with van der Waals surface area (Å²) in [5.41, 5.74) is 2.77. The number of ketones is 1. The molecule has 8 nitrogen and oxygen atoms in total. The number of aromatic nitrogens is 1. The number of para-hydroxylation sites is 1. The quantitative estimate of drug-likeness (QED) is 0.480. The van der Waals surface area contributed by atoms with Crippen LogP contribution < -0.4 is 9.47 Å². The van der Waals surface area contributed by atoms with Gasteiger partial charge in [-0.1, -0.05) is 18.2 Å². The van der Waals surface area contributed by atoms with E-state index in [1.54, 1.807) is 17.0 Å². The number of amides is 1. The van der Waals surface area contributed by atoms with Gasteiger partial charge in [-0.2, -0.15) is 0 Å². The predicted octanol–water partition coefficient (Wildman–Crippen LogP) is 5.24. The largest absolute Gasteiger partial charge is 0.493 e. The molecule has 1 amide bonds. The minimum absolute atomic E-state index is 0.140. The number of ether oxygens (including phenoxy) is 3. The van der Waals surface area contributed by atoms with Gasteiger partial charge in [-0.15, -0.1) is 0 Å². The molecule has 0 unspecified atom stereocenters. The van der Waals surface area contributed by atoms with Crippen molar-refractivity contribution >= 4 is 28.9 Å². The van der Waals surface area contributed by atoms with Gasteiger partial charge < -0.3 is 24.1 Å². The predicted molar refractivity (Wildman–Crippen MR) is 142 cm³/mol. The summed E-state index contributed by atoms with van der Waals surface area (Å²) < 4.78 is 17.7. The first-order valence-electron chi connectivity index (χ1n) is 12.7. The Kier molecular flexibility index (Phi) is 6.69. The standard InChI is InChI=1S/C29H33N3O5/c1-5-35-24-11-10-21-26(33)25(16-19-17-30-23-9-7-6-8-20(19)23)36-27(21)22(24)18-31-12-14-32(15-13-31)28(34)37-29(2,3)4/h6-11,16-17,30H,5,12-15,18H2,1-4H3/b25-16-. The lowest BCUT2D eigenvalue weighted by molar-refractivity contribution is 0.0137. The fraction of sp³-hybridized carbons (Fsp3) is 0.379. The van der Waals surface area contributed by atoms with Crippen molar-refractivity contribution in [1.82, 2.24) is 14.8 Å². The number of carbonyl (C=O) groups excluding carboxylic acids is 2. The lowest BCUT2D eigenvalue weighted by Gasteiger charge is -2.35. The number of hydrogen-bond donors (Lipinski definition) is 1. The van der Waals surface area contributed by atoms with E-state index in [2.05, 4.69) is 9.88 Å². The van der Waals surface area contributed by atoms with Crippen molar-refractivity contribution < 1.29 is 23.8 Å². The molecule has 8 heteroatoms. The minimum atomic E-state index is -0.521. The van der Waals surface area contributed by atoms with Gasteiger partial charge in [0, 0.05) is 55.4 Å². The molecule has 37 heavy (non-hydrogen) atoms. The Hall–Kier alpha value is -3.78. The lowest BCUT2D eigenvalue weighted by atomic mass is 10.0. The van der Waals surface area contributed by atoms with Gasteiger partial charge in [0.25, 0.3) is 0 Å². The molecule has 1 aromatic heterocycles. The number of rotatable bonds is 5. The molecule has 0 atom stereocenters. The molecule has 0 aliphatic carbocycles. The third kappa shape index (κ3) is 5.20. The van der Waals surface area contributed by atoms with Crippen molar-refractivity contribution in [3.63, 3.8) is 0 Å². The van der Waals surface area contributed by atoms with E-state index >= 15 is 0 Å². The van der Waals surface area contributed by atoms with Crippen molar-refractivity contribution in [3.05, 3.63) is 65.0 Å². The van der Waals surface area contributed by atoms with Crippen LogP contribution in [0.1, 0.15) is 49.2 Å². The Morgan fingerprint density at radius 1 is 1.11 bits per heavy atom. The van der Waals surface area contributed by atoms with E-state index in [0.29, 0.717) is 62.2 Å². The average molecular weight is 504 g/mol. The zero-order chi connectivity index (χ0) is 26.2. The molecular weight excluding hydrogens is 470 g/mol. The maximum Gasteiger partial charge on any atom is 0.410 e. The molecule has 5 rings (SSSR count). The van der Waals surface area contributed by atoms with Crippen LogP contribution in [-0.2, 0) is 11.3 Å². The average Bonchev–Trinajstić information content (AvgIpc) is 3.41. The Morgan fingerprint density at radius 3 is 2.59 bits per heavy atom. The summed E-state index contributed by atoms with van der Waals surface area (Å²) in [7, 11) is 0. The molecule has 2 aliphatic rings. The van der Waals surface area contributed by atoms with Gasteiger partial charge in [-0.05, 0) is 52.0 Å². The van der Waals surface area contributed by atoms with Crippen LogP contribution >= 0.6 is 0 Å². The molecule has 2 aromatic carbocycles. The van der Waals surface area contributed by atoms with Gasteiger partial charge in [0.15, 0.2) is 5.76 Å². The van der Waals surface area contributed by atoms with E-state index in [9.17, 15) is 9.59 Å². The van der Waals surface area contributed by atoms with Crippen LogP contribution in [-0.4, -0.2) is 65.0 Å². The van der Waals surface area contributed by atoms with Crippen molar-refractivity contribution in [2.75, 3.05) is 32.8 Å². The zero-order valence-electron chi connectivity index (χ0n) is 21.8. The summed E-state index contributed by atoms with van der Waals surface area (Å²) >= 11 is 0. The Bertz CT molecular complexity index is 1360. The van der Waals surface area contributed by atoms with Crippen LogP contribution in [0.5, 0.6) is 11.5 Å². The molecule has 3 heterocycles. The van der Waals surface area contributed by atoms with Crippen LogP contribution in [0.15, 0.2) is 48.4 Å². The van der Waals surface area contributed by atoms with Gasteiger partial charge in [0.1, 0.15) is 17.1 Å². The van der Waals surface area contributed by atoms with Crippen LogP contribution in [0.4, 0.5) is 4.79 Å². The second kappa shape index (κ2) is 9.94. The molecule has 2 aliphatic heterocycles. The van der Waals surface area contributed by atoms with Gasteiger partial charge in [-0.25, -0.2) is 4.79 Å². The second-order valence-corrected chi connectivity index (χ2v) is 10.3. The highest BCUT2D eigenvalue weighted by Gasteiger charge is 2.33. The normalized spacial score (nSPS) is 17.2. The Morgan fingerprint density at radius 2 is 1.86 bits per heavy atom. The number of carbonyl (C=O) groups is 2. The number of allylic oxidation sites excluding steroid dienone is 1. The first-order valence-corrected chi connectivity index (χ1v) is 12.7. The molecule has 0 bridgehead atoms. The Labute approximate surface area is 216 Å². The summed E-state index contributed by atoms with van der Waals surface area (Å²) in [6, 6.07) is 11.6. The number of nitrogens with zero attached hydrogens (tertiary/aromatic N) is 2. The highest BCUT2D eigenvalue weighted by Crippen LogP contribution is 2.41. The Balaban J connectivity index is 1.37. The molecule has 194 valence electrons. The summed E-state index contributed by atoms with van der Waals surface area (Å²) in [5.74, 6) is 1.41. The monoisotopic (exact) mass is 503 g/mol. The fourth-order valence-electron chi connectivity index (χ4n) is 4.72. The minimum Gasteiger partial charge on any atom is -0.493 e. The summed E-state index contributed by atoms with van der Waals surface area (Å²) in [6.07, 6.45) is 3.39. The number of benzene rings is 2. The van der Waals surface area contributed by atoms with Crippen molar-refractivity contribution in [3.8, 4) is 11.5 Å². The van der Waals surface area contributed by atoms with Gasteiger partial charge in [0.05, 0.1) is 17.7 Å². The van der Waals surface area contributed by atoms with E-state index in [-0.39, 0.29) is 11.9 Å². The van der Waals surface area contributed by atoms with Crippen LogP contribution in [0.2, 0.25) is 0 Å². The molecule has 1 saturated heterocycles. The third-order valence-electron chi connectivity index (χ3n) is 6.51. The number of hydrogen-bond acceptors (Lipinski definition) is 6. The summed E-state index contributed by atoms with van der Waals surface area (Å²) in [6.45, 7) is 11.1. The zero-order valence-corrected chi connectivity index (χ0v) is 21.8. The van der Waals surface area contributed by atoms with Gasteiger partial charge in [-0.3, -0.25) is 9.69 Å². The van der Waals surface area contributed by atoms with E-state index in [4.69, 9.17) is 14.2 Å². The highest BCUT2D eigenvalue weighted by molar-refractivity contribution is 6.15. The van der Waals surface area contributed by atoms with E-state index < -0.39 is 5.60 Å². The fourth-order valence-corrected chi connectivity index (χ4v) is 4.72. The molecule has 0 spiro atoms. The molecule has 0 saturated carbocycles. The van der Waals surface area contributed by atoms with Crippen molar-refractivity contribution in [1.29, 1.82) is 0 Å². The number of H-pyrrole nitrogens is 1. The number of fused-ring (bicyclic) bond motifs is 2. The van der Waals surface area contributed by atoms with Crippen LogP contribution in [0.3, 0.4) is 0 Å². The van der Waals surface area contributed by atoms with Crippen molar-refractivity contribution in [2.45, 2.75) is 39.8 Å². The van der Waals surface area contributed by atoms with E-state index in [1.165, 1.54) is 0 Å². The number of piperazine rings is 1. The highest BCUT2D eigenvalue weighted by atomic mass is 16.6. The van der Waals surface area contributed by atoms with Crippen LogP contribution in [0, 0.1) is 0 Å². The van der Waals surface area contributed by atoms with E-state index in [0.717, 1.165) is 22.0 Å². The first-order chi connectivity index (χ1) is 17.7. The van der Waals surface area contributed by atoms with Crippen molar-refractivity contribution in [2.24, 2.45) is 0 Å². The van der Waals surface area contributed by atoms with Gasteiger partial charge >= 0.3 is 6.09 Å².